The van der Waals surface area contributed by atoms with Crippen molar-refractivity contribution in [1.29, 1.82) is 0 Å². The van der Waals surface area contributed by atoms with Gasteiger partial charge in [0.2, 0.25) is 0 Å². The van der Waals surface area contributed by atoms with Crippen molar-refractivity contribution >= 4 is 20.0 Å². The number of sulfone groups is 1. The van der Waals surface area contributed by atoms with Crippen molar-refractivity contribution in [3.8, 4) is 0 Å². The van der Waals surface area contributed by atoms with Crippen molar-refractivity contribution in [3.63, 3.8) is 0 Å². The molecule has 0 aliphatic carbocycles. The van der Waals surface area contributed by atoms with Crippen molar-refractivity contribution in [2.24, 2.45) is 0 Å². The molecule has 0 aromatic heterocycles. The highest BCUT2D eigenvalue weighted by Crippen LogP contribution is 2.12. The van der Waals surface area contributed by atoms with Gasteiger partial charge in [-0.2, -0.15) is 17.0 Å². The normalized spacial score (nSPS) is 21.3. The average molecular weight is 299 g/mol. The predicted molar refractivity (Wildman–Crippen MR) is 70.3 cm³/mol. The van der Waals surface area contributed by atoms with E-state index in [0.717, 1.165) is 13.0 Å². The zero-order valence-corrected chi connectivity index (χ0v) is 12.4. The molecular weight excluding hydrogens is 278 g/mol. The monoisotopic (exact) mass is 299 g/mol. The molecule has 1 heterocycles. The Morgan fingerprint density at radius 2 is 1.83 bits per heavy atom. The molecule has 0 spiro atoms. The Balaban J connectivity index is 2.58. The fourth-order valence-corrected chi connectivity index (χ4v) is 4.55. The Bertz CT molecular complexity index is 446. The van der Waals surface area contributed by atoms with E-state index in [9.17, 15) is 16.8 Å². The summed E-state index contributed by atoms with van der Waals surface area (Å²) >= 11 is 0. The standard InChI is InChI=1S/C9H21N3O4S2/c1-10-4-3-5-11(2)18(15,16)12-6-8-17(13,14)9-7-12/h10H,3-9H2,1-2H3. The van der Waals surface area contributed by atoms with Crippen molar-refractivity contribution in [1.82, 2.24) is 13.9 Å². The SMILES string of the molecule is CNCCCN(C)S(=O)(=O)N1CCS(=O)(=O)CC1. The van der Waals surface area contributed by atoms with Gasteiger partial charge in [0.05, 0.1) is 11.5 Å². The van der Waals surface area contributed by atoms with Crippen LogP contribution >= 0.6 is 0 Å². The molecule has 0 amide bonds. The highest BCUT2D eigenvalue weighted by molar-refractivity contribution is 7.91. The number of nitrogens with zero attached hydrogens (tertiary/aromatic N) is 2. The highest BCUT2D eigenvalue weighted by Gasteiger charge is 2.32. The van der Waals surface area contributed by atoms with Gasteiger partial charge >= 0.3 is 0 Å². The van der Waals surface area contributed by atoms with Crippen LogP contribution in [0.4, 0.5) is 0 Å². The van der Waals surface area contributed by atoms with Gasteiger partial charge in [0.25, 0.3) is 10.2 Å². The largest absolute Gasteiger partial charge is 0.320 e. The molecule has 1 N–H and O–H groups in total. The lowest BCUT2D eigenvalue weighted by Crippen LogP contribution is -2.49. The van der Waals surface area contributed by atoms with E-state index in [0.29, 0.717) is 6.54 Å². The van der Waals surface area contributed by atoms with Crippen LogP contribution in [0.25, 0.3) is 0 Å². The van der Waals surface area contributed by atoms with Crippen molar-refractivity contribution in [2.45, 2.75) is 6.42 Å². The highest BCUT2D eigenvalue weighted by atomic mass is 32.2. The second-order valence-electron chi connectivity index (χ2n) is 4.34. The second kappa shape index (κ2) is 6.29. The number of hydrogen-bond donors (Lipinski definition) is 1. The van der Waals surface area contributed by atoms with Crippen LogP contribution in [0.3, 0.4) is 0 Å². The van der Waals surface area contributed by atoms with Crippen LogP contribution in [0.1, 0.15) is 6.42 Å². The first-order chi connectivity index (χ1) is 8.29. The maximum atomic E-state index is 12.1. The molecule has 1 aliphatic heterocycles. The van der Waals surface area contributed by atoms with E-state index in [2.05, 4.69) is 5.32 Å². The average Bonchev–Trinajstić information content (AvgIpc) is 2.28. The molecule has 0 unspecified atom stereocenters. The van der Waals surface area contributed by atoms with E-state index in [-0.39, 0.29) is 24.6 Å². The summed E-state index contributed by atoms with van der Waals surface area (Å²) in [6.45, 7) is 1.28. The second-order valence-corrected chi connectivity index (χ2v) is 8.68. The van der Waals surface area contributed by atoms with Gasteiger partial charge in [0.15, 0.2) is 9.84 Å². The zero-order valence-electron chi connectivity index (χ0n) is 10.8. The minimum absolute atomic E-state index is 0.0566. The van der Waals surface area contributed by atoms with E-state index in [1.165, 1.54) is 15.7 Å². The van der Waals surface area contributed by atoms with Crippen molar-refractivity contribution in [2.75, 3.05) is 51.8 Å². The molecule has 1 aliphatic rings. The molecule has 1 saturated heterocycles. The molecule has 0 aromatic rings. The van der Waals surface area contributed by atoms with Gasteiger partial charge in [-0.1, -0.05) is 0 Å². The quantitative estimate of drug-likeness (QED) is 0.603. The Kier molecular flexibility index (Phi) is 5.53. The topological polar surface area (TPSA) is 86.8 Å². The van der Waals surface area contributed by atoms with E-state index in [1.807, 2.05) is 7.05 Å². The lowest BCUT2D eigenvalue weighted by Gasteiger charge is -2.30. The molecule has 1 fully saturated rings. The first-order valence-electron chi connectivity index (χ1n) is 5.86. The molecule has 1 rings (SSSR count). The third-order valence-electron chi connectivity index (χ3n) is 2.92. The first-order valence-corrected chi connectivity index (χ1v) is 9.08. The minimum atomic E-state index is -3.52. The molecule has 18 heavy (non-hydrogen) atoms. The summed E-state index contributed by atoms with van der Waals surface area (Å²) in [5.74, 6) is -0.173. The zero-order chi connectivity index (χ0) is 13.8. The van der Waals surface area contributed by atoms with Crippen LogP contribution in [0.15, 0.2) is 0 Å². The van der Waals surface area contributed by atoms with Crippen LogP contribution < -0.4 is 5.32 Å². The van der Waals surface area contributed by atoms with Gasteiger partial charge in [0, 0.05) is 26.7 Å². The molecule has 108 valence electrons. The number of hydrogen-bond acceptors (Lipinski definition) is 5. The van der Waals surface area contributed by atoms with E-state index in [1.54, 1.807) is 0 Å². The summed E-state index contributed by atoms with van der Waals surface area (Å²) in [5.41, 5.74) is 0. The molecule has 0 aromatic carbocycles. The lowest BCUT2D eigenvalue weighted by molar-refractivity contribution is 0.368. The molecule has 0 bridgehead atoms. The third kappa shape index (κ3) is 4.16. The lowest BCUT2D eigenvalue weighted by atomic mass is 10.4. The summed E-state index contributed by atoms with van der Waals surface area (Å²) < 4.78 is 49.3. The van der Waals surface area contributed by atoms with Crippen molar-refractivity contribution in [3.05, 3.63) is 0 Å². The summed E-state index contributed by atoms with van der Waals surface area (Å²) in [6, 6.07) is 0. The molecule has 7 nitrogen and oxygen atoms in total. The van der Waals surface area contributed by atoms with Crippen LogP contribution in [0.5, 0.6) is 0 Å². The van der Waals surface area contributed by atoms with Gasteiger partial charge in [-0.15, -0.1) is 0 Å². The molecule has 0 atom stereocenters. The Labute approximate surface area is 109 Å². The van der Waals surface area contributed by atoms with E-state index >= 15 is 0 Å². The molecular formula is C9H21N3O4S2. The predicted octanol–water partition coefficient (Wildman–Crippen LogP) is -1.50. The third-order valence-corrected chi connectivity index (χ3v) is 6.52. The summed E-state index contributed by atoms with van der Waals surface area (Å²) in [4.78, 5) is 0. The summed E-state index contributed by atoms with van der Waals surface area (Å²) in [5, 5.41) is 2.95. The number of rotatable bonds is 6. The van der Waals surface area contributed by atoms with Crippen LogP contribution in [-0.2, 0) is 20.0 Å². The first kappa shape index (κ1) is 15.8. The van der Waals surface area contributed by atoms with Crippen LogP contribution in [0.2, 0.25) is 0 Å². The Hall–Kier alpha value is -0.220. The summed E-state index contributed by atoms with van der Waals surface area (Å²) in [7, 11) is -3.24. The van der Waals surface area contributed by atoms with Gasteiger partial charge in [0.1, 0.15) is 0 Å². The smallest absolute Gasteiger partial charge is 0.281 e. The van der Waals surface area contributed by atoms with Gasteiger partial charge in [-0.25, -0.2) is 8.42 Å². The Morgan fingerprint density at radius 3 is 2.33 bits per heavy atom. The fourth-order valence-electron chi connectivity index (χ4n) is 1.72. The van der Waals surface area contributed by atoms with Crippen molar-refractivity contribution < 1.29 is 16.8 Å². The molecule has 0 saturated carbocycles. The molecule has 0 radical (unpaired) electrons. The van der Waals surface area contributed by atoms with Gasteiger partial charge in [-0.05, 0) is 20.0 Å². The maximum Gasteiger partial charge on any atom is 0.281 e. The summed E-state index contributed by atoms with van der Waals surface area (Å²) in [6.07, 6.45) is 0.721. The van der Waals surface area contributed by atoms with Gasteiger partial charge < -0.3 is 5.32 Å². The maximum absolute atomic E-state index is 12.1. The van der Waals surface area contributed by atoms with E-state index in [4.69, 9.17) is 0 Å². The molecule has 9 heteroatoms. The van der Waals surface area contributed by atoms with Crippen LogP contribution in [0, 0.1) is 0 Å². The fraction of sp³-hybridized carbons (Fsp3) is 1.00. The van der Waals surface area contributed by atoms with Crippen LogP contribution in [-0.4, -0.2) is 77.2 Å². The Morgan fingerprint density at radius 1 is 1.28 bits per heavy atom. The van der Waals surface area contributed by atoms with E-state index < -0.39 is 20.0 Å². The van der Waals surface area contributed by atoms with Gasteiger partial charge in [-0.3, -0.25) is 0 Å². The number of nitrogens with one attached hydrogen (secondary N) is 1. The minimum Gasteiger partial charge on any atom is -0.320 e.